The average Bonchev–Trinajstić information content (AvgIpc) is 3.09. The molecule has 1 amide bonds. The Kier molecular flexibility index (Phi) is 8.33. The standard InChI is InChI=1S/C25H33N3O4S2/c1-7-32-21-9-8-10-22-23(21)27(6)25(33-22)26-24(29)19-11-13-20(14-12-19)34(30,31)28(15-17(2)3)16-18(4)5/h8-14,17-18H,7,15-16H2,1-6H3. The molecule has 0 aliphatic carbocycles. The van der Waals surface area contributed by atoms with Gasteiger partial charge in [-0.1, -0.05) is 45.1 Å². The molecule has 3 aromatic rings. The van der Waals surface area contributed by atoms with Gasteiger partial charge in [0.05, 0.1) is 16.2 Å². The van der Waals surface area contributed by atoms with Crippen molar-refractivity contribution in [2.45, 2.75) is 39.5 Å². The van der Waals surface area contributed by atoms with Gasteiger partial charge in [-0.2, -0.15) is 9.30 Å². The zero-order valence-electron chi connectivity index (χ0n) is 20.6. The van der Waals surface area contributed by atoms with E-state index in [2.05, 4.69) is 4.99 Å². The lowest BCUT2D eigenvalue weighted by Gasteiger charge is -2.25. The fraction of sp³-hybridized carbons (Fsp3) is 0.440. The largest absolute Gasteiger partial charge is 0.492 e. The molecule has 0 N–H and O–H groups in total. The SMILES string of the molecule is CCOc1cccc2sc(=NC(=O)c3ccc(S(=O)(=O)N(CC(C)C)CC(C)C)cc3)n(C)c12. The third kappa shape index (κ3) is 5.76. The van der Waals surface area contributed by atoms with Crippen LogP contribution < -0.4 is 9.54 Å². The number of ether oxygens (including phenoxy) is 1. The van der Waals surface area contributed by atoms with E-state index in [0.29, 0.717) is 30.1 Å². The summed E-state index contributed by atoms with van der Waals surface area (Å²) < 4.78 is 36.5. The number of nitrogens with zero attached hydrogens (tertiary/aromatic N) is 3. The first kappa shape index (κ1) is 26.1. The summed E-state index contributed by atoms with van der Waals surface area (Å²) in [6.45, 7) is 11.4. The minimum Gasteiger partial charge on any atom is -0.492 e. The highest BCUT2D eigenvalue weighted by atomic mass is 32.2. The van der Waals surface area contributed by atoms with Crippen LogP contribution in [-0.2, 0) is 17.1 Å². The number of amides is 1. The van der Waals surface area contributed by atoms with Crippen LogP contribution in [0.15, 0.2) is 52.4 Å². The molecule has 0 saturated carbocycles. The van der Waals surface area contributed by atoms with Crippen molar-refractivity contribution in [3.8, 4) is 5.75 Å². The summed E-state index contributed by atoms with van der Waals surface area (Å²) in [5, 5.41) is 0. The van der Waals surface area contributed by atoms with Crippen molar-refractivity contribution in [3.63, 3.8) is 0 Å². The van der Waals surface area contributed by atoms with Crippen LogP contribution in [0.2, 0.25) is 0 Å². The number of carbonyl (C=O) groups excluding carboxylic acids is 1. The number of para-hydroxylation sites is 1. The zero-order chi connectivity index (χ0) is 25.0. The van der Waals surface area contributed by atoms with Gasteiger partial charge in [-0.05, 0) is 55.2 Å². The number of hydrogen-bond donors (Lipinski definition) is 0. The summed E-state index contributed by atoms with van der Waals surface area (Å²) in [7, 11) is -1.80. The van der Waals surface area contributed by atoms with Crippen LogP contribution >= 0.6 is 11.3 Å². The van der Waals surface area contributed by atoms with Crippen LogP contribution in [0.4, 0.5) is 0 Å². The first-order valence-corrected chi connectivity index (χ1v) is 13.7. The molecule has 1 aromatic heterocycles. The predicted octanol–water partition coefficient (Wildman–Crippen LogP) is 4.68. The second-order valence-electron chi connectivity index (χ2n) is 9.03. The predicted molar refractivity (Wildman–Crippen MR) is 137 cm³/mol. The summed E-state index contributed by atoms with van der Waals surface area (Å²) in [6, 6.07) is 11.8. The summed E-state index contributed by atoms with van der Waals surface area (Å²) in [4.78, 5) is 17.9. The maximum atomic E-state index is 13.2. The third-order valence-corrected chi connectivity index (χ3v) is 8.10. The molecule has 2 aromatic carbocycles. The average molecular weight is 504 g/mol. The molecule has 0 bridgehead atoms. The van der Waals surface area contributed by atoms with Crippen molar-refractivity contribution in [2.75, 3.05) is 19.7 Å². The second kappa shape index (κ2) is 10.8. The van der Waals surface area contributed by atoms with Crippen molar-refractivity contribution < 1.29 is 17.9 Å². The second-order valence-corrected chi connectivity index (χ2v) is 12.0. The molecule has 0 unspecified atom stereocenters. The maximum Gasteiger partial charge on any atom is 0.279 e. The third-order valence-electron chi connectivity index (χ3n) is 5.16. The van der Waals surface area contributed by atoms with Crippen LogP contribution in [0.5, 0.6) is 5.75 Å². The molecule has 0 saturated heterocycles. The summed E-state index contributed by atoms with van der Waals surface area (Å²) in [5.74, 6) is 0.733. The maximum absolute atomic E-state index is 13.2. The summed E-state index contributed by atoms with van der Waals surface area (Å²) in [5.41, 5.74) is 1.22. The van der Waals surface area contributed by atoms with Gasteiger partial charge in [0.25, 0.3) is 5.91 Å². The van der Waals surface area contributed by atoms with Crippen LogP contribution in [0.3, 0.4) is 0 Å². The number of carbonyl (C=O) groups is 1. The van der Waals surface area contributed by atoms with E-state index in [9.17, 15) is 13.2 Å². The van der Waals surface area contributed by atoms with Gasteiger partial charge in [0.1, 0.15) is 11.3 Å². The number of fused-ring (bicyclic) bond motifs is 1. The van der Waals surface area contributed by atoms with E-state index in [-0.39, 0.29) is 16.7 Å². The Bertz CT molecular complexity index is 1310. The molecule has 1 heterocycles. The molecule has 0 aliphatic heterocycles. The van der Waals surface area contributed by atoms with Crippen molar-refractivity contribution in [1.29, 1.82) is 0 Å². The highest BCUT2D eigenvalue weighted by molar-refractivity contribution is 7.89. The Morgan fingerprint density at radius 1 is 1.06 bits per heavy atom. The molecule has 0 atom stereocenters. The van der Waals surface area contributed by atoms with Gasteiger partial charge in [0, 0.05) is 25.7 Å². The fourth-order valence-corrected chi connectivity index (χ4v) is 6.50. The van der Waals surface area contributed by atoms with Crippen LogP contribution in [-0.4, -0.2) is 42.9 Å². The van der Waals surface area contributed by atoms with E-state index in [4.69, 9.17) is 4.74 Å². The lowest BCUT2D eigenvalue weighted by molar-refractivity contribution is 0.0998. The monoisotopic (exact) mass is 503 g/mol. The van der Waals surface area contributed by atoms with Gasteiger partial charge in [0.15, 0.2) is 4.80 Å². The van der Waals surface area contributed by atoms with Crippen molar-refractivity contribution >= 4 is 37.5 Å². The van der Waals surface area contributed by atoms with Gasteiger partial charge in [-0.25, -0.2) is 8.42 Å². The first-order chi connectivity index (χ1) is 16.0. The van der Waals surface area contributed by atoms with Gasteiger partial charge >= 0.3 is 0 Å². The minimum atomic E-state index is -3.65. The Balaban J connectivity index is 1.92. The van der Waals surface area contributed by atoms with E-state index >= 15 is 0 Å². The number of aryl methyl sites for hydroxylation is 1. The minimum absolute atomic E-state index is 0.180. The zero-order valence-corrected chi connectivity index (χ0v) is 22.2. The molecule has 7 nitrogen and oxygen atoms in total. The normalized spacial score (nSPS) is 12.9. The highest BCUT2D eigenvalue weighted by Gasteiger charge is 2.26. The Hall–Kier alpha value is -2.49. The summed E-state index contributed by atoms with van der Waals surface area (Å²) >= 11 is 1.40. The van der Waals surface area contributed by atoms with E-state index in [1.54, 1.807) is 0 Å². The van der Waals surface area contributed by atoms with Crippen molar-refractivity contribution in [3.05, 3.63) is 52.8 Å². The van der Waals surface area contributed by atoms with Crippen LogP contribution in [0.25, 0.3) is 10.2 Å². The van der Waals surface area contributed by atoms with E-state index in [1.165, 1.54) is 39.9 Å². The van der Waals surface area contributed by atoms with Gasteiger partial charge in [-0.3, -0.25) is 4.79 Å². The Morgan fingerprint density at radius 2 is 1.68 bits per heavy atom. The van der Waals surface area contributed by atoms with E-state index in [1.807, 2.05) is 64.4 Å². The van der Waals surface area contributed by atoms with E-state index in [0.717, 1.165) is 16.0 Å². The number of benzene rings is 2. The number of aromatic nitrogens is 1. The molecule has 0 fully saturated rings. The molecule has 34 heavy (non-hydrogen) atoms. The quantitative estimate of drug-likeness (QED) is 0.425. The van der Waals surface area contributed by atoms with Crippen LogP contribution in [0, 0.1) is 11.8 Å². The van der Waals surface area contributed by atoms with Gasteiger partial charge < -0.3 is 9.30 Å². The molecule has 184 valence electrons. The Morgan fingerprint density at radius 3 is 2.24 bits per heavy atom. The molecule has 0 spiro atoms. The lowest BCUT2D eigenvalue weighted by Crippen LogP contribution is -2.37. The molecule has 0 radical (unpaired) electrons. The molecule has 3 rings (SSSR count). The molecule has 9 heteroatoms. The first-order valence-electron chi connectivity index (χ1n) is 11.4. The van der Waals surface area contributed by atoms with Gasteiger partial charge in [-0.15, -0.1) is 0 Å². The van der Waals surface area contributed by atoms with E-state index < -0.39 is 15.9 Å². The van der Waals surface area contributed by atoms with Crippen molar-refractivity contribution in [1.82, 2.24) is 8.87 Å². The number of rotatable bonds is 9. The highest BCUT2D eigenvalue weighted by Crippen LogP contribution is 2.27. The lowest BCUT2D eigenvalue weighted by atomic mass is 10.2. The molecular weight excluding hydrogens is 470 g/mol. The molecular formula is C25H33N3O4S2. The van der Waals surface area contributed by atoms with Crippen LogP contribution in [0.1, 0.15) is 45.0 Å². The summed E-state index contributed by atoms with van der Waals surface area (Å²) in [6.07, 6.45) is 0. The topological polar surface area (TPSA) is 81.0 Å². The van der Waals surface area contributed by atoms with Gasteiger partial charge in [0.2, 0.25) is 10.0 Å². The number of thiazole rings is 1. The smallest absolute Gasteiger partial charge is 0.279 e. The molecule has 0 aliphatic rings. The fourth-order valence-electron chi connectivity index (χ4n) is 3.70. The van der Waals surface area contributed by atoms with Crippen molar-refractivity contribution in [2.24, 2.45) is 23.9 Å². The Labute approximate surface area is 205 Å². The number of hydrogen-bond acceptors (Lipinski definition) is 5. The number of sulfonamides is 1.